The maximum absolute atomic E-state index is 14.6. The van der Waals surface area contributed by atoms with Gasteiger partial charge in [-0.1, -0.05) is 54.4 Å². The standard InChI is InChI=1S/C29H33ClFN3O5S/c1-5-16-32-29(36)21(3)33(18-22-8-6-7-9-26(22)31)28(35)19-34(23-12-15-27(39-4)25(30)17-23)40(37,38)24-13-10-20(2)11-14-24/h6-15,17,21H,5,16,18-19H2,1-4H3,(H,32,36)/t21-/m0/s1. The van der Waals surface area contributed by atoms with Crippen LogP contribution in [0, 0.1) is 12.7 Å². The molecule has 8 nitrogen and oxygen atoms in total. The average molecular weight is 590 g/mol. The van der Waals surface area contributed by atoms with Crippen LogP contribution in [0.15, 0.2) is 71.6 Å². The monoisotopic (exact) mass is 589 g/mol. The number of nitrogens with one attached hydrogen (secondary N) is 1. The highest BCUT2D eigenvalue weighted by atomic mass is 35.5. The molecule has 0 unspecified atom stereocenters. The van der Waals surface area contributed by atoms with Crippen LogP contribution in [0.4, 0.5) is 10.1 Å². The van der Waals surface area contributed by atoms with Gasteiger partial charge in [0, 0.05) is 18.7 Å². The number of methoxy groups -OCH3 is 1. The van der Waals surface area contributed by atoms with Gasteiger partial charge in [-0.25, -0.2) is 12.8 Å². The molecule has 0 saturated carbocycles. The number of hydrogen-bond donors (Lipinski definition) is 1. The van der Waals surface area contributed by atoms with Gasteiger partial charge in [0.25, 0.3) is 10.0 Å². The molecule has 0 radical (unpaired) electrons. The third-order valence-corrected chi connectivity index (χ3v) is 8.41. The third kappa shape index (κ3) is 7.31. The fourth-order valence-electron chi connectivity index (χ4n) is 3.97. The molecule has 214 valence electrons. The van der Waals surface area contributed by atoms with Gasteiger partial charge < -0.3 is 15.0 Å². The maximum Gasteiger partial charge on any atom is 0.264 e. The second-order valence-electron chi connectivity index (χ2n) is 9.22. The van der Waals surface area contributed by atoms with E-state index in [1.807, 2.05) is 13.8 Å². The van der Waals surface area contributed by atoms with Crippen molar-refractivity contribution < 1.29 is 27.1 Å². The zero-order chi connectivity index (χ0) is 29.4. The lowest BCUT2D eigenvalue weighted by Crippen LogP contribution is -2.51. The molecule has 0 spiro atoms. The molecule has 0 bridgehead atoms. The van der Waals surface area contributed by atoms with E-state index in [0.717, 1.165) is 9.87 Å². The number of benzene rings is 3. The van der Waals surface area contributed by atoms with Crippen molar-refractivity contribution >= 4 is 39.1 Å². The second-order valence-corrected chi connectivity index (χ2v) is 11.5. The first-order valence-corrected chi connectivity index (χ1v) is 14.5. The van der Waals surface area contributed by atoms with Crippen molar-refractivity contribution in [2.45, 2.75) is 44.7 Å². The number of hydrogen-bond acceptors (Lipinski definition) is 5. The SMILES string of the molecule is CCCNC(=O)[C@H](C)N(Cc1ccccc1F)C(=O)CN(c1ccc(OC)c(Cl)c1)S(=O)(=O)c1ccc(C)cc1. The van der Waals surface area contributed by atoms with Crippen LogP contribution in [-0.2, 0) is 26.2 Å². The van der Waals surface area contributed by atoms with Crippen LogP contribution in [-0.4, -0.2) is 51.4 Å². The summed E-state index contributed by atoms with van der Waals surface area (Å²) in [6.45, 7) is 4.72. The van der Waals surface area contributed by atoms with E-state index in [1.165, 1.54) is 67.5 Å². The molecule has 1 N–H and O–H groups in total. The Bertz CT molecular complexity index is 1450. The smallest absolute Gasteiger partial charge is 0.264 e. The summed E-state index contributed by atoms with van der Waals surface area (Å²) in [5.74, 6) is -1.36. The van der Waals surface area contributed by atoms with Gasteiger partial charge in [-0.15, -0.1) is 0 Å². The molecule has 0 fully saturated rings. The average Bonchev–Trinajstić information content (AvgIpc) is 2.93. The normalized spacial score (nSPS) is 11.9. The molecule has 40 heavy (non-hydrogen) atoms. The zero-order valence-electron chi connectivity index (χ0n) is 22.9. The molecule has 0 heterocycles. The van der Waals surface area contributed by atoms with Crippen LogP contribution < -0.4 is 14.4 Å². The number of sulfonamides is 1. The Kier molecular flexibility index (Phi) is 10.5. The number of nitrogens with zero attached hydrogens (tertiary/aromatic N) is 2. The van der Waals surface area contributed by atoms with Crippen LogP contribution in [0.25, 0.3) is 0 Å². The topological polar surface area (TPSA) is 96.0 Å². The van der Waals surface area contributed by atoms with Gasteiger partial charge in [0.05, 0.1) is 22.7 Å². The van der Waals surface area contributed by atoms with Gasteiger partial charge in [0.1, 0.15) is 24.2 Å². The summed E-state index contributed by atoms with van der Waals surface area (Å²) in [6, 6.07) is 15.5. The summed E-state index contributed by atoms with van der Waals surface area (Å²) in [5.41, 5.74) is 1.16. The Morgan fingerprint density at radius 3 is 2.35 bits per heavy atom. The number of ether oxygens (including phenoxy) is 1. The van der Waals surface area contributed by atoms with Crippen LogP contribution in [0.5, 0.6) is 5.75 Å². The number of carbonyl (C=O) groups excluding carboxylic acids is 2. The summed E-state index contributed by atoms with van der Waals surface area (Å²) in [5, 5.41) is 2.89. The van der Waals surface area contributed by atoms with E-state index in [1.54, 1.807) is 18.2 Å². The number of halogens is 2. The molecule has 2 amide bonds. The minimum atomic E-state index is -4.27. The summed E-state index contributed by atoms with van der Waals surface area (Å²) < 4.78 is 48.5. The number of carbonyl (C=O) groups is 2. The Morgan fingerprint density at radius 1 is 1.07 bits per heavy atom. The third-order valence-electron chi connectivity index (χ3n) is 6.33. The molecule has 0 aromatic heterocycles. The van der Waals surface area contributed by atoms with E-state index < -0.39 is 40.2 Å². The van der Waals surface area contributed by atoms with Crippen LogP contribution in [0.2, 0.25) is 5.02 Å². The van der Waals surface area contributed by atoms with Gasteiger partial charge >= 0.3 is 0 Å². The molecule has 1 atom stereocenters. The first kappa shape index (κ1) is 30.9. The first-order valence-electron chi connectivity index (χ1n) is 12.7. The number of rotatable bonds is 12. The van der Waals surface area contributed by atoms with E-state index >= 15 is 0 Å². The molecule has 0 aliphatic heterocycles. The quantitative estimate of drug-likeness (QED) is 0.323. The van der Waals surface area contributed by atoms with Crippen molar-refractivity contribution in [1.29, 1.82) is 0 Å². The maximum atomic E-state index is 14.6. The lowest BCUT2D eigenvalue weighted by molar-refractivity contribution is -0.139. The minimum Gasteiger partial charge on any atom is -0.495 e. The molecular weight excluding hydrogens is 557 g/mol. The number of anilines is 1. The predicted octanol–water partition coefficient (Wildman–Crippen LogP) is 4.93. The van der Waals surface area contributed by atoms with Gasteiger partial charge in [-0.05, 0) is 56.7 Å². The van der Waals surface area contributed by atoms with E-state index in [4.69, 9.17) is 16.3 Å². The highest BCUT2D eigenvalue weighted by Crippen LogP contribution is 2.32. The summed E-state index contributed by atoms with van der Waals surface area (Å²) >= 11 is 6.32. The van der Waals surface area contributed by atoms with Crippen molar-refractivity contribution in [3.63, 3.8) is 0 Å². The summed E-state index contributed by atoms with van der Waals surface area (Å²) in [4.78, 5) is 27.9. The van der Waals surface area contributed by atoms with E-state index in [9.17, 15) is 22.4 Å². The van der Waals surface area contributed by atoms with Gasteiger partial charge in [-0.3, -0.25) is 13.9 Å². The summed E-state index contributed by atoms with van der Waals surface area (Å²) in [6.07, 6.45) is 0.681. The Hall–Kier alpha value is -3.63. The van der Waals surface area contributed by atoms with Gasteiger partial charge in [0.15, 0.2) is 0 Å². The number of amides is 2. The predicted molar refractivity (Wildman–Crippen MR) is 153 cm³/mol. The fraction of sp³-hybridized carbons (Fsp3) is 0.310. The lowest BCUT2D eigenvalue weighted by atomic mass is 10.1. The second kappa shape index (κ2) is 13.6. The Balaban J connectivity index is 2.07. The van der Waals surface area contributed by atoms with Crippen molar-refractivity contribution in [3.8, 4) is 5.75 Å². The minimum absolute atomic E-state index is 0.0350. The molecule has 0 aliphatic carbocycles. The molecule has 3 aromatic carbocycles. The van der Waals surface area contributed by atoms with Crippen LogP contribution in [0.3, 0.4) is 0 Å². The molecule has 3 aromatic rings. The van der Waals surface area contributed by atoms with Gasteiger partial charge in [0.2, 0.25) is 11.8 Å². The molecule has 0 aliphatic rings. The number of aryl methyl sites for hydroxylation is 1. The van der Waals surface area contributed by atoms with Crippen molar-refractivity contribution in [1.82, 2.24) is 10.2 Å². The Labute approximate surface area is 239 Å². The first-order chi connectivity index (χ1) is 19.0. The van der Waals surface area contributed by atoms with E-state index in [0.29, 0.717) is 18.7 Å². The highest BCUT2D eigenvalue weighted by Gasteiger charge is 2.33. The molecule has 11 heteroatoms. The van der Waals surface area contributed by atoms with E-state index in [-0.39, 0.29) is 27.7 Å². The van der Waals surface area contributed by atoms with Gasteiger partial charge in [-0.2, -0.15) is 0 Å². The van der Waals surface area contributed by atoms with Crippen molar-refractivity contribution in [2.24, 2.45) is 0 Å². The van der Waals surface area contributed by atoms with E-state index in [2.05, 4.69) is 5.32 Å². The van der Waals surface area contributed by atoms with Crippen molar-refractivity contribution in [3.05, 3.63) is 88.7 Å². The lowest BCUT2D eigenvalue weighted by Gasteiger charge is -2.32. The van der Waals surface area contributed by atoms with Crippen molar-refractivity contribution in [2.75, 3.05) is 24.5 Å². The fourth-order valence-corrected chi connectivity index (χ4v) is 5.62. The molecule has 0 saturated heterocycles. The Morgan fingerprint density at radius 2 is 1.75 bits per heavy atom. The summed E-state index contributed by atoms with van der Waals surface area (Å²) in [7, 11) is -2.84. The molecule has 3 rings (SSSR count). The molecular formula is C29H33ClFN3O5S. The zero-order valence-corrected chi connectivity index (χ0v) is 24.4. The van der Waals surface area contributed by atoms with Crippen LogP contribution in [0.1, 0.15) is 31.4 Å². The highest BCUT2D eigenvalue weighted by molar-refractivity contribution is 7.92. The largest absolute Gasteiger partial charge is 0.495 e. The van der Waals surface area contributed by atoms with Crippen LogP contribution >= 0.6 is 11.6 Å².